The maximum absolute atomic E-state index is 13.1. The molecule has 1 fully saturated rings. The molecule has 0 aliphatic carbocycles. The molecule has 1 aromatic heterocycles. The molecule has 2 aromatic carbocycles. The highest BCUT2D eigenvalue weighted by atomic mass is 32.2. The van der Waals surface area contributed by atoms with Crippen LogP contribution in [0.1, 0.15) is 26.2 Å². The van der Waals surface area contributed by atoms with Crippen LogP contribution in [0.3, 0.4) is 0 Å². The Morgan fingerprint density at radius 3 is 2.23 bits per heavy atom. The molecule has 3 aromatic rings. The molecule has 1 aliphatic rings. The largest absolute Gasteiger partial charge is 0.329 e. The van der Waals surface area contributed by atoms with Crippen LogP contribution in [-0.2, 0) is 27.9 Å². The number of nitrogens with one attached hydrogen (secondary N) is 1. The van der Waals surface area contributed by atoms with Crippen molar-refractivity contribution in [3.05, 3.63) is 59.0 Å². The van der Waals surface area contributed by atoms with Gasteiger partial charge in [-0.05, 0) is 44.0 Å². The normalized spacial score (nSPS) is 15.3. The van der Waals surface area contributed by atoms with Crippen LogP contribution in [0.2, 0.25) is 0 Å². The summed E-state index contributed by atoms with van der Waals surface area (Å²) < 4.78 is 30.8. The molecule has 1 aliphatic heterocycles. The maximum Gasteiger partial charge on any atom is 0.329 e. The third-order valence-electron chi connectivity index (χ3n) is 5.64. The lowest BCUT2D eigenvalue weighted by atomic mass is 10.2. The zero-order chi connectivity index (χ0) is 22.0. The van der Waals surface area contributed by atoms with Crippen molar-refractivity contribution in [3.63, 3.8) is 0 Å². The minimum atomic E-state index is -3.71. The van der Waals surface area contributed by atoms with E-state index >= 15 is 0 Å². The lowest BCUT2D eigenvalue weighted by Crippen LogP contribution is -2.36. The Labute approximate surface area is 181 Å². The van der Waals surface area contributed by atoms with Crippen LogP contribution < -0.4 is 11.0 Å². The Balaban J connectivity index is 1.62. The molecule has 9 heteroatoms. The quantitative estimate of drug-likeness (QED) is 0.635. The molecule has 0 saturated carbocycles. The molecule has 0 atom stereocenters. The van der Waals surface area contributed by atoms with Crippen molar-refractivity contribution in [2.75, 3.05) is 18.4 Å². The second-order valence-corrected chi connectivity index (χ2v) is 9.52. The highest BCUT2D eigenvalue weighted by Gasteiger charge is 2.28. The van der Waals surface area contributed by atoms with Crippen molar-refractivity contribution >= 4 is 32.7 Å². The van der Waals surface area contributed by atoms with Crippen molar-refractivity contribution in [3.8, 4) is 0 Å². The van der Waals surface area contributed by atoms with E-state index in [1.165, 1.54) is 14.9 Å². The van der Waals surface area contributed by atoms with Gasteiger partial charge < -0.3 is 5.32 Å². The zero-order valence-corrected chi connectivity index (χ0v) is 18.3. The summed E-state index contributed by atoms with van der Waals surface area (Å²) in [7, 11) is -3.71. The highest BCUT2D eigenvalue weighted by molar-refractivity contribution is 7.89. The topological polar surface area (TPSA) is 93.4 Å². The number of hydrogen-bond donors (Lipinski definition) is 1. The molecule has 8 nitrogen and oxygen atoms in total. The summed E-state index contributed by atoms with van der Waals surface area (Å²) in [5.41, 5.74) is 1.38. The van der Waals surface area contributed by atoms with Crippen LogP contribution in [0.4, 0.5) is 5.69 Å². The first kappa shape index (κ1) is 21.3. The Hall–Kier alpha value is -2.91. The third-order valence-corrected chi connectivity index (χ3v) is 7.59. The molecule has 4 rings (SSSR count). The van der Waals surface area contributed by atoms with Crippen LogP contribution in [-0.4, -0.2) is 40.9 Å². The third kappa shape index (κ3) is 4.03. The van der Waals surface area contributed by atoms with Gasteiger partial charge in [0.2, 0.25) is 15.9 Å². The van der Waals surface area contributed by atoms with E-state index in [0.29, 0.717) is 25.2 Å². The maximum atomic E-state index is 13.1. The number of fused-ring (bicyclic) bond motifs is 1. The van der Waals surface area contributed by atoms with Crippen molar-refractivity contribution in [1.29, 1.82) is 0 Å². The van der Waals surface area contributed by atoms with Crippen LogP contribution in [0.5, 0.6) is 0 Å². The SMILES string of the molecule is CCn1c(=O)n(CC(=O)Nc2ccccc2S(=O)(=O)N2CCCCC2)c2ccccc21. The van der Waals surface area contributed by atoms with E-state index in [2.05, 4.69) is 5.32 Å². The molecule has 1 N–H and O–H groups in total. The molecular weight excluding hydrogens is 416 g/mol. The summed E-state index contributed by atoms with van der Waals surface area (Å²) >= 11 is 0. The molecule has 164 valence electrons. The average molecular weight is 443 g/mol. The van der Waals surface area contributed by atoms with E-state index in [-0.39, 0.29) is 22.8 Å². The molecule has 0 bridgehead atoms. The lowest BCUT2D eigenvalue weighted by Gasteiger charge is -2.26. The number of sulfonamides is 1. The highest BCUT2D eigenvalue weighted by Crippen LogP contribution is 2.27. The molecule has 0 spiro atoms. The Morgan fingerprint density at radius 1 is 0.935 bits per heavy atom. The second kappa shape index (κ2) is 8.68. The van der Waals surface area contributed by atoms with Gasteiger partial charge in [-0.2, -0.15) is 4.31 Å². The van der Waals surface area contributed by atoms with Gasteiger partial charge in [-0.25, -0.2) is 13.2 Å². The number of imidazole rings is 1. The number of benzene rings is 2. The number of carbonyl (C=O) groups excluding carboxylic acids is 1. The van der Waals surface area contributed by atoms with E-state index in [0.717, 1.165) is 24.8 Å². The fourth-order valence-electron chi connectivity index (χ4n) is 4.10. The Bertz CT molecular complexity index is 1270. The van der Waals surface area contributed by atoms with Gasteiger partial charge in [0.15, 0.2) is 0 Å². The second-order valence-electron chi connectivity index (χ2n) is 7.61. The monoisotopic (exact) mass is 442 g/mol. The molecule has 2 heterocycles. The predicted molar refractivity (Wildman–Crippen MR) is 120 cm³/mol. The first-order valence-electron chi connectivity index (χ1n) is 10.5. The number of nitrogens with zero attached hydrogens (tertiary/aromatic N) is 3. The molecule has 31 heavy (non-hydrogen) atoms. The summed E-state index contributed by atoms with van der Waals surface area (Å²) in [5.74, 6) is -0.456. The van der Waals surface area contributed by atoms with Gasteiger partial charge in [0.25, 0.3) is 0 Å². The summed E-state index contributed by atoms with van der Waals surface area (Å²) in [6, 6.07) is 13.7. The van der Waals surface area contributed by atoms with Crippen LogP contribution in [0, 0.1) is 0 Å². The Kier molecular flexibility index (Phi) is 5.97. The number of piperidine rings is 1. The van der Waals surface area contributed by atoms with Gasteiger partial charge >= 0.3 is 5.69 Å². The zero-order valence-electron chi connectivity index (χ0n) is 17.5. The number of aryl methyl sites for hydroxylation is 1. The van der Waals surface area contributed by atoms with Gasteiger partial charge in [-0.1, -0.05) is 30.7 Å². The first-order valence-corrected chi connectivity index (χ1v) is 11.9. The van der Waals surface area contributed by atoms with Crippen LogP contribution >= 0.6 is 0 Å². The number of hydrogen-bond acceptors (Lipinski definition) is 4. The average Bonchev–Trinajstić information content (AvgIpc) is 3.05. The van der Waals surface area contributed by atoms with Crippen molar-refractivity contribution in [2.45, 2.75) is 44.2 Å². The molecule has 0 radical (unpaired) electrons. The van der Waals surface area contributed by atoms with E-state index in [9.17, 15) is 18.0 Å². The first-order chi connectivity index (χ1) is 14.9. The minimum Gasteiger partial charge on any atom is -0.323 e. The van der Waals surface area contributed by atoms with E-state index in [1.807, 2.05) is 25.1 Å². The number of anilines is 1. The van der Waals surface area contributed by atoms with Crippen molar-refractivity contribution < 1.29 is 13.2 Å². The number of rotatable bonds is 6. The van der Waals surface area contributed by atoms with Gasteiger partial charge in [-0.3, -0.25) is 13.9 Å². The van der Waals surface area contributed by atoms with Gasteiger partial charge in [-0.15, -0.1) is 0 Å². The van der Waals surface area contributed by atoms with Crippen molar-refractivity contribution in [2.24, 2.45) is 0 Å². The molecule has 1 saturated heterocycles. The number of aromatic nitrogens is 2. The fraction of sp³-hybridized carbons (Fsp3) is 0.364. The summed E-state index contributed by atoms with van der Waals surface area (Å²) in [6.07, 6.45) is 2.68. The standard InChI is InChI=1S/C22H26N4O4S/c1-2-25-18-11-5-6-12-19(18)26(22(25)28)16-21(27)23-17-10-4-7-13-20(17)31(29,30)24-14-8-3-9-15-24/h4-7,10-13H,2-3,8-9,14-16H2,1H3,(H,23,27). The van der Waals surface area contributed by atoms with E-state index < -0.39 is 15.9 Å². The summed E-state index contributed by atoms with van der Waals surface area (Å²) in [6.45, 7) is 3.13. The molecular formula is C22H26N4O4S. The van der Waals surface area contributed by atoms with Gasteiger partial charge in [0.05, 0.1) is 16.7 Å². The predicted octanol–water partition coefficient (Wildman–Crippen LogP) is 2.64. The number of amides is 1. The Morgan fingerprint density at radius 2 is 1.55 bits per heavy atom. The van der Waals surface area contributed by atoms with Gasteiger partial charge in [0.1, 0.15) is 11.4 Å². The molecule has 0 unspecified atom stereocenters. The van der Waals surface area contributed by atoms with Crippen LogP contribution in [0.15, 0.2) is 58.2 Å². The minimum absolute atomic E-state index is 0.0774. The smallest absolute Gasteiger partial charge is 0.323 e. The fourth-order valence-corrected chi connectivity index (χ4v) is 5.77. The lowest BCUT2D eigenvalue weighted by molar-refractivity contribution is -0.116. The summed E-state index contributed by atoms with van der Waals surface area (Å²) in [5, 5.41) is 2.71. The van der Waals surface area contributed by atoms with Gasteiger partial charge in [0, 0.05) is 19.6 Å². The van der Waals surface area contributed by atoms with E-state index in [4.69, 9.17) is 0 Å². The van der Waals surface area contributed by atoms with Crippen molar-refractivity contribution in [1.82, 2.24) is 13.4 Å². The van der Waals surface area contributed by atoms with Crippen LogP contribution in [0.25, 0.3) is 11.0 Å². The number of para-hydroxylation sites is 3. The van der Waals surface area contributed by atoms with E-state index in [1.54, 1.807) is 28.8 Å². The number of carbonyl (C=O) groups is 1. The summed E-state index contributed by atoms with van der Waals surface area (Å²) in [4.78, 5) is 25.7. The molecule has 1 amide bonds.